The van der Waals surface area contributed by atoms with Crippen LogP contribution in [0, 0.1) is 0 Å². The molecule has 0 saturated heterocycles. The summed E-state index contributed by atoms with van der Waals surface area (Å²) in [5, 5.41) is 12.8. The molecule has 51 heavy (non-hydrogen) atoms. The van der Waals surface area contributed by atoms with Crippen LogP contribution < -0.4 is 9.47 Å². The number of pyridine rings is 2. The van der Waals surface area contributed by atoms with Gasteiger partial charge < -0.3 is 14.6 Å². The molecule has 0 fully saturated rings. The zero-order valence-electron chi connectivity index (χ0n) is 27.4. The molecular weight excluding hydrogens is 673 g/mol. The molecule has 6 nitrogen and oxygen atoms in total. The van der Waals surface area contributed by atoms with Gasteiger partial charge in [-0.2, -0.15) is 0 Å². The van der Waals surface area contributed by atoms with Crippen molar-refractivity contribution in [1.29, 1.82) is 0 Å². The summed E-state index contributed by atoms with van der Waals surface area (Å²) in [6.45, 7) is 0.664. The monoisotopic (exact) mass is 704 g/mol. The molecule has 250 valence electrons. The number of thiophene rings is 1. The third kappa shape index (κ3) is 7.43. The fourth-order valence-corrected chi connectivity index (χ4v) is 8.28. The number of thioether (sulfide) groups is 1. The number of ether oxygens (including phenoxy) is 2. The summed E-state index contributed by atoms with van der Waals surface area (Å²) in [5.41, 5.74) is 6.55. The van der Waals surface area contributed by atoms with Crippen LogP contribution in [0.3, 0.4) is 0 Å². The van der Waals surface area contributed by atoms with Crippen LogP contribution >= 0.6 is 23.1 Å². The van der Waals surface area contributed by atoms with Gasteiger partial charge >= 0.3 is 5.97 Å². The van der Waals surface area contributed by atoms with E-state index in [0.29, 0.717) is 24.7 Å². The van der Waals surface area contributed by atoms with E-state index in [4.69, 9.17) is 19.4 Å². The third-order valence-electron chi connectivity index (χ3n) is 8.64. The van der Waals surface area contributed by atoms with E-state index in [2.05, 4.69) is 42.5 Å². The Labute approximate surface area is 303 Å². The summed E-state index contributed by atoms with van der Waals surface area (Å²) in [7, 11) is 0. The topological polar surface area (TPSA) is 81.5 Å². The molecule has 0 aliphatic heterocycles. The SMILES string of the molecule is O=C(O)CSC(c1ccc(OCc2ccc3ccccc3n2)cc1)c1ccc(OCc2ccc3ccccc3n2)cc1-c1cc2ccccc2s1. The quantitative estimate of drug-likeness (QED) is 0.136. The summed E-state index contributed by atoms with van der Waals surface area (Å²) >= 11 is 3.10. The van der Waals surface area contributed by atoms with E-state index in [0.717, 1.165) is 60.1 Å². The predicted octanol–water partition coefficient (Wildman–Crippen LogP) is 10.7. The summed E-state index contributed by atoms with van der Waals surface area (Å²) in [5.74, 6) is 0.522. The summed E-state index contributed by atoms with van der Waals surface area (Å²) < 4.78 is 13.6. The Bertz CT molecular complexity index is 2460. The van der Waals surface area contributed by atoms with Gasteiger partial charge in [-0.3, -0.25) is 4.79 Å². The first-order valence-corrected chi connectivity index (χ1v) is 18.4. The number of carboxylic acids is 1. The first-order chi connectivity index (χ1) is 25.1. The molecule has 0 aliphatic rings. The fourth-order valence-electron chi connectivity index (χ4n) is 6.13. The van der Waals surface area contributed by atoms with Crippen LogP contribution in [-0.4, -0.2) is 26.8 Å². The fraction of sp³-hybridized carbons (Fsp3) is 0.0930. The Hall–Kier alpha value is -5.70. The molecule has 3 heterocycles. The van der Waals surface area contributed by atoms with Gasteiger partial charge in [-0.1, -0.05) is 84.9 Å². The molecule has 8 rings (SSSR count). The average molecular weight is 705 g/mol. The first-order valence-electron chi connectivity index (χ1n) is 16.6. The average Bonchev–Trinajstić information content (AvgIpc) is 3.61. The van der Waals surface area contributed by atoms with Gasteiger partial charge in [0.05, 0.1) is 33.4 Å². The number of nitrogens with zero attached hydrogens (tertiary/aromatic N) is 2. The van der Waals surface area contributed by atoms with E-state index in [1.165, 1.54) is 16.5 Å². The smallest absolute Gasteiger partial charge is 0.313 e. The maximum atomic E-state index is 11.9. The highest BCUT2D eigenvalue weighted by molar-refractivity contribution is 8.00. The van der Waals surface area contributed by atoms with Crippen molar-refractivity contribution in [3.8, 4) is 21.9 Å². The minimum atomic E-state index is -0.862. The highest BCUT2D eigenvalue weighted by Gasteiger charge is 2.22. The maximum Gasteiger partial charge on any atom is 0.313 e. The lowest BCUT2D eigenvalue weighted by Crippen LogP contribution is -2.06. The second kappa shape index (κ2) is 14.6. The van der Waals surface area contributed by atoms with Crippen LogP contribution in [0.2, 0.25) is 0 Å². The predicted molar refractivity (Wildman–Crippen MR) is 208 cm³/mol. The minimum Gasteiger partial charge on any atom is -0.487 e. The molecule has 0 saturated carbocycles. The molecular formula is C43H32N2O4S2. The van der Waals surface area contributed by atoms with Gasteiger partial charge in [0.1, 0.15) is 24.7 Å². The summed E-state index contributed by atoms with van der Waals surface area (Å²) in [4.78, 5) is 22.5. The zero-order chi connectivity index (χ0) is 34.6. The largest absolute Gasteiger partial charge is 0.487 e. The second-order valence-corrected chi connectivity index (χ2v) is 14.3. The van der Waals surface area contributed by atoms with E-state index in [1.807, 2.05) is 103 Å². The third-order valence-corrected chi connectivity index (χ3v) is 11.1. The highest BCUT2D eigenvalue weighted by Crippen LogP contribution is 2.45. The number of hydrogen-bond acceptors (Lipinski definition) is 7. The number of aliphatic carboxylic acids is 1. The molecule has 3 aromatic heterocycles. The van der Waals surface area contributed by atoms with Crippen molar-refractivity contribution < 1.29 is 19.4 Å². The van der Waals surface area contributed by atoms with Crippen molar-refractivity contribution in [3.05, 3.63) is 168 Å². The van der Waals surface area contributed by atoms with E-state index < -0.39 is 5.97 Å². The molecule has 1 atom stereocenters. The van der Waals surface area contributed by atoms with Crippen molar-refractivity contribution in [1.82, 2.24) is 9.97 Å². The van der Waals surface area contributed by atoms with E-state index in [-0.39, 0.29) is 11.0 Å². The number of carboxylic acid groups (broad SMARTS) is 1. The lowest BCUT2D eigenvalue weighted by molar-refractivity contribution is -0.133. The molecule has 0 bridgehead atoms. The molecule has 0 aliphatic carbocycles. The van der Waals surface area contributed by atoms with Crippen molar-refractivity contribution in [2.75, 3.05) is 5.75 Å². The molecule has 8 aromatic rings. The summed E-state index contributed by atoms with van der Waals surface area (Å²) in [6.07, 6.45) is 0. The molecule has 1 N–H and O–H groups in total. The Kier molecular flexibility index (Phi) is 9.34. The zero-order valence-corrected chi connectivity index (χ0v) is 29.1. The normalized spacial score (nSPS) is 11.9. The van der Waals surface area contributed by atoms with Gasteiger partial charge in [0.15, 0.2) is 0 Å². The summed E-state index contributed by atoms with van der Waals surface area (Å²) in [6, 6.07) is 48.7. The van der Waals surface area contributed by atoms with E-state index >= 15 is 0 Å². The molecule has 8 heteroatoms. The molecule has 0 spiro atoms. The molecule has 1 unspecified atom stereocenters. The number of para-hydroxylation sites is 2. The second-order valence-electron chi connectivity index (χ2n) is 12.1. The Morgan fingerprint density at radius 2 is 1.24 bits per heavy atom. The van der Waals surface area contributed by atoms with E-state index in [9.17, 15) is 9.90 Å². The number of hydrogen-bond donors (Lipinski definition) is 1. The number of benzene rings is 5. The van der Waals surface area contributed by atoms with Crippen LogP contribution in [0.4, 0.5) is 0 Å². The number of aromatic nitrogens is 2. The van der Waals surface area contributed by atoms with Crippen molar-refractivity contribution >= 4 is 61.0 Å². The van der Waals surface area contributed by atoms with Gasteiger partial charge in [-0.25, -0.2) is 9.97 Å². The Balaban J connectivity index is 1.09. The van der Waals surface area contributed by atoms with Gasteiger partial charge in [-0.05, 0) is 77.2 Å². The number of rotatable bonds is 12. The molecule has 0 amide bonds. The lowest BCUT2D eigenvalue weighted by atomic mass is 9.97. The Morgan fingerprint density at radius 3 is 1.88 bits per heavy atom. The standard InChI is InChI=1S/C43H32N2O4S2/c46-42(47)27-50-43(30-15-19-34(20-16-30)48-25-32-17-13-28-7-1-4-10-38(28)44-32)36-22-21-35(24-37(36)41-23-31-9-3-6-12-40(31)51-41)49-26-33-18-14-29-8-2-5-11-39(29)45-33/h1-24,43H,25-27H2,(H,46,47). The lowest BCUT2D eigenvalue weighted by Gasteiger charge is -2.21. The van der Waals surface area contributed by atoms with Crippen LogP contribution in [0.1, 0.15) is 27.8 Å². The molecule has 0 radical (unpaired) electrons. The highest BCUT2D eigenvalue weighted by atomic mass is 32.2. The van der Waals surface area contributed by atoms with Crippen molar-refractivity contribution in [3.63, 3.8) is 0 Å². The number of fused-ring (bicyclic) bond motifs is 3. The van der Waals surface area contributed by atoms with Gasteiger partial charge in [0.2, 0.25) is 0 Å². The Morgan fingerprint density at radius 1 is 0.647 bits per heavy atom. The van der Waals surface area contributed by atoms with Gasteiger partial charge in [0, 0.05) is 25.9 Å². The van der Waals surface area contributed by atoms with E-state index in [1.54, 1.807) is 11.3 Å². The van der Waals surface area contributed by atoms with Crippen LogP contribution in [0.25, 0.3) is 42.3 Å². The van der Waals surface area contributed by atoms with Crippen LogP contribution in [0.5, 0.6) is 11.5 Å². The van der Waals surface area contributed by atoms with Crippen LogP contribution in [0.15, 0.2) is 146 Å². The molecule has 5 aromatic carbocycles. The van der Waals surface area contributed by atoms with Crippen LogP contribution in [-0.2, 0) is 18.0 Å². The minimum absolute atomic E-state index is 0.0473. The van der Waals surface area contributed by atoms with Gasteiger partial charge in [-0.15, -0.1) is 23.1 Å². The van der Waals surface area contributed by atoms with Crippen molar-refractivity contribution in [2.24, 2.45) is 0 Å². The van der Waals surface area contributed by atoms with Gasteiger partial charge in [0.25, 0.3) is 0 Å². The maximum absolute atomic E-state index is 11.9. The first kappa shape index (κ1) is 32.5. The number of carbonyl (C=O) groups is 1. The van der Waals surface area contributed by atoms with Crippen molar-refractivity contribution in [2.45, 2.75) is 18.5 Å².